The normalized spacial score (nSPS) is 11.0. The standard InChI is InChI=1S/C19H18N6O2/c1-3-12-9-17(26)23-19(21-12)25-16(8-11(2)24-25)22-18(27)14-10-20-15-7-5-4-6-13(14)15/h4-10,20H,3H2,1-2H3,(H,22,27)(H,21,23,26). The second-order valence-corrected chi connectivity index (χ2v) is 6.20. The number of aromatic amines is 2. The number of rotatable bonds is 4. The number of carbonyl (C=O) groups is 1. The molecule has 8 heteroatoms. The molecule has 3 heterocycles. The van der Waals surface area contributed by atoms with E-state index in [4.69, 9.17) is 0 Å². The van der Waals surface area contributed by atoms with Crippen LogP contribution in [0.25, 0.3) is 16.9 Å². The van der Waals surface area contributed by atoms with E-state index in [-0.39, 0.29) is 17.4 Å². The summed E-state index contributed by atoms with van der Waals surface area (Å²) in [4.78, 5) is 34.9. The maximum Gasteiger partial charge on any atom is 0.258 e. The molecule has 1 aromatic carbocycles. The zero-order valence-corrected chi connectivity index (χ0v) is 14.9. The van der Waals surface area contributed by atoms with E-state index < -0.39 is 0 Å². The largest absolute Gasteiger partial charge is 0.360 e. The molecule has 0 radical (unpaired) electrons. The molecule has 0 spiro atoms. The van der Waals surface area contributed by atoms with Gasteiger partial charge in [-0.15, -0.1) is 0 Å². The molecule has 1 amide bonds. The Morgan fingerprint density at radius 3 is 2.89 bits per heavy atom. The number of para-hydroxylation sites is 1. The molecule has 0 aliphatic rings. The van der Waals surface area contributed by atoms with Crippen LogP contribution in [-0.2, 0) is 6.42 Å². The molecule has 0 saturated heterocycles. The van der Waals surface area contributed by atoms with Crippen LogP contribution >= 0.6 is 0 Å². The minimum atomic E-state index is -0.275. The van der Waals surface area contributed by atoms with Crippen LogP contribution in [0, 0.1) is 6.92 Å². The van der Waals surface area contributed by atoms with Crippen molar-refractivity contribution in [2.24, 2.45) is 0 Å². The third-order valence-electron chi connectivity index (χ3n) is 4.25. The van der Waals surface area contributed by atoms with Gasteiger partial charge in [-0.1, -0.05) is 25.1 Å². The summed E-state index contributed by atoms with van der Waals surface area (Å²) >= 11 is 0. The third-order valence-corrected chi connectivity index (χ3v) is 4.25. The van der Waals surface area contributed by atoms with E-state index in [2.05, 4.69) is 25.4 Å². The van der Waals surface area contributed by atoms with Crippen LogP contribution in [0.2, 0.25) is 0 Å². The number of hydrogen-bond donors (Lipinski definition) is 3. The predicted octanol–water partition coefficient (Wildman–Crippen LogP) is 2.56. The molecule has 8 nitrogen and oxygen atoms in total. The van der Waals surface area contributed by atoms with E-state index >= 15 is 0 Å². The van der Waals surface area contributed by atoms with Crippen LogP contribution in [0.15, 0.2) is 47.4 Å². The van der Waals surface area contributed by atoms with Gasteiger partial charge in [0.15, 0.2) is 0 Å². The smallest absolute Gasteiger partial charge is 0.258 e. The second-order valence-electron chi connectivity index (χ2n) is 6.20. The van der Waals surface area contributed by atoms with Crippen molar-refractivity contribution in [3.05, 3.63) is 69.9 Å². The van der Waals surface area contributed by atoms with Crippen molar-refractivity contribution in [3.63, 3.8) is 0 Å². The topological polar surface area (TPSA) is 108 Å². The minimum Gasteiger partial charge on any atom is -0.360 e. The first-order valence-corrected chi connectivity index (χ1v) is 8.60. The van der Waals surface area contributed by atoms with Gasteiger partial charge in [-0.3, -0.25) is 14.6 Å². The van der Waals surface area contributed by atoms with Crippen LogP contribution < -0.4 is 10.9 Å². The summed E-state index contributed by atoms with van der Waals surface area (Å²) in [7, 11) is 0. The molecular formula is C19H18N6O2. The summed E-state index contributed by atoms with van der Waals surface area (Å²) < 4.78 is 1.43. The first-order valence-electron chi connectivity index (χ1n) is 8.60. The SMILES string of the molecule is CCc1cc(=O)[nH]c(-n2nc(C)cc2NC(=O)c2c[nH]c3ccccc23)n1. The highest BCUT2D eigenvalue weighted by atomic mass is 16.2. The molecule has 0 fully saturated rings. The molecule has 0 aliphatic heterocycles. The lowest BCUT2D eigenvalue weighted by Gasteiger charge is -2.08. The van der Waals surface area contributed by atoms with Gasteiger partial charge in [0.25, 0.3) is 11.5 Å². The van der Waals surface area contributed by atoms with E-state index in [1.165, 1.54) is 10.7 Å². The Labute approximate surface area is 154 Å². The molecule has 4 aromatic rings. The Morgan fingerprint density at radius 2 is 2.07 bits per heavy atom. The molecule has 0 saturated carbocycles. The fraction of sp³-hybridized carbons (Fsp3) is 0.158. The van der Waals surface area contributed by atoms with Crippen molar-refractivity contribution in [3.8, 4) is 5.95 Å². The van der Waals surface area contributed by atoms with E-state index in [9.17, 15) is 9.59 Å². The number of H-pyrrole nitrogens is 2. The van der Waals surface area contributed by atoms with Crippen molar-refractivity contribution in [1.29, 1.82) is 0 Å². The number of anilines is 1. The molecule has 0 atom stereocenters. The first-order chi connectivity index (χ1) is 13.0. The van der Waals surface area contributed by atoms with Gasteiger partial charge in [0, 0.05) is 34.9 Å². The van der Waals surface area contributed by atoms with Crippen LogP contribution in [0.4, 0.5) is 5.82 Å². The lowest BCUT2D eigenvalue weighted by atomic mass is 10.1. The highest BCUT2D eigenvalue weighted by Crippen LogP contribution is 2.20. The summed E-state index contributed by atoms with van der Waals surface area (Å²) in [6, 6.07) is 10.8. The van der Waals surface area contributed by atoms with Crippen molar-refractivity contribution in [2.45, 2.75) is 20.3 Å². The molecular weight excluding hydrogens is 344 g/mol. The summed E-state index contributed by atoms with van der Waals surface area (Å²) in [5.41, 5.74) is 2.48. The van der Waals surface area contributed by atoms with Crippen molar-refractivity contribution >= 4 is 22.6 Å². The Bertz CT molecular complexity index is 1200. The van der Waals surface area contributed by atoms with E-state index in [1.54, 1.807) is 19.2 Å². The van der Waals surface area contributed by atoms with Crippen molar-refractivity contribution in [2.75, 3.05) is 5.32 Å². The fourth-order valence-corrected chi connectivity index (χ4v) is 2.97. The zero-order chi connectivity index (χ0) is 19.0. The lowest BCUT2D eigenvalue weighted by Crippen LogP contribution is -2.19. The Morgan fingerprint density at radius 1 is 1.26 bits per heavy atom. The molecule has 3 aromatic heterocycles. The molecule has 0 bridgehead atoms. The average Bonchev–Trinajstić information content (AvgIpc) is 3.24. The molecule has 136 valence electrons. The van der Waals surface area contributed by atoms with E-state index in [1.807, 2.05) is 31.2 Å². The maximum atomic E-state index is 12.8. The quantitative estimate of drug-likeness (QED) is 0.518. The predicted molar refractivity (Wildman–Crippen MR) is 102 cm³/mol. The van der Waals surface area contributed by atoms with Gasteiger partial charge >= 0.3 is 0 Å². The monoisotopic (exact) mass is 362 g/mol. The number of nitrogens with zero attached hydrogens (tertiary/aromatic N) is 3. The summed E-state index contributed by atoms with van der Waals surface area (Å²) in [5, 5.41) is 8.05. The Kier molecular flexibility index (Phi) is 4.08. The number of hydrogen-bond acceptors (Lipinski definition) is 4. The van der Waals surface area contributed by atoms with Gasteiger partial charge in [-0.05, 0) is 19.4 Å². The van der Waals surface area contributed by atoms with E-state index in [0.29, 0.717) is 29.2 Å². The Hall–Kier alpha value is -3.68. The minimum absolute atomic E-state index is 0.265. The number of amides is 1. The molecule has 4 rings (SSSR count). The van der Waals surface area contributed by atoms with Crippen LogP contribution in [0.1, 0.15) is 28.7 Å². The average molecular weight is 362 g/mol. The van der Waals surface area contributed by atoms with Crippen molar-refractivity contribution in [1.82, 2.24) is 24.7 Å². The summed E-state index contributed by atoms with van der Waals surface area (Å²) in [6.07, 6.45) is 2.29. The fourth-order valence-electron chi connectivity index (χ4n) is 2.97. The van der Waals surface area contributed by atoms with Crippen LogP contribution in [0.3, 0.4) is 0 Å². The molecule has 0 unspecified atom stereocenters. The lowest BCUT2D eigenvalue weighted by molar-refractivity contribution is 0.102. The number of carbonyl (C=O) groups excluding carboxylic acids is 1. The van der Waals surface area contributed by atoms with Gasteiger partial charge in [-0.2, -0.15) is 9.78 Å². The molecule has 3 N–H and O–H groups in total. The summed E-state index contributed by atoms with van der Waals surface area (Å²) in [5.74, 6) is 0.420. The Balaban J connectivity index is 1.72. The number of nitrogens with one attached hydrogen (secondary N) is 3. The number of aromatic nitrogens is 5. The highest BCUT2D eigenvalue weighted by molar-refractivity contribution is 6.12. The number of fused-ring (bicyclic) bond motifs is 1. The van der Waals surface area contributed by atoms with E-state index in [0.717, 1.165) is 10.9 Å². The maximum absolute atomic E-state index is 12.8. The second kappa shape index (κ2) is 6.56. The van der Waals surface area contributed by atoms with Gasteiger partial charge in [0.1, 0.15) is 5.82 Å². The first kappa shape index (κ1) is 16.8. The van der Waals surface area contributed by atoms with Crippen LogP contribution in [-0.4, -0.2) is 30.6 Å². The summed E-state index contributed by atoms with van der Waals surface area (Å²) in [6.45, 7) is 3.72. The molecule has 0 aliphatic carbocycles. The van der Waals surface area contributed by atoms with Gasteiger partial charge in [-0.25, -0.2) is 4.98 Å². The molecule has 27 heavy (non-hydrogen) atoms. The van der Waals surface area contributed by atoms with Gasteiger partial charge in [0.2, 0.25) is 5.95 Å². The van der Waals surface area contributed by atoms with Gasteiger partial charge in [0.05, 0.1) is 11.3 Å². The van der Waals surface area contributed by atoms with Gasteiger partial charge < -0.3 is 10.3 Å². The highest BCUT2D eigenvalue weighted by Gasteiger charge is 2.17. The zero-order valence-electron chi connectivity index (χ0n) is 14.9. The number of aryl methyl sites for hydroxylation is 2. The van der Waals surface area contributed by atoms with Crippen LogP contribution in [0.5, 0.6) is 0 Å². The third kappa shape index (κ3) is 3.12. The number of benzene rings is 1. The van der Waals surface area contributed by atoms with Crippen molar-refractivity contribution < 1.29 is 4.79 Å².